The van der Waals surface area contributed by atoms with Crippen LogP contribution in [0.25, 0.3) is 39.1 Å². The lowest BCUT2D eigenvalue weighted by atomic mass is 10.0. The zero-order valence-electron chi connectivity index (χ0n) is 17.0. The highest BCUT2D eigenvalue weighted by atomic mass is 35.5. The molecule has 0 atom stereocenters. The maximum absolute atomic E-state index is 13.5. The van der Waals surface area contributed by atoms with Crippen molar-refractivity contribution in [3.8, 4) is 34.0 Å². The molecule has 5 aromatic rings. The summed E-state index contributed by atoms with van der Waals surface area (Å²) < 4.78 is 7.26. The molecule has 0 unspecified atom stereocenters. The number of hydrogen-bond donors (Lipinski definition) is 0. The fourth-order valence-electron chi connectivity index (χ4n) is 4.34. The largest absolute Gasteiger partial charge is 0.497 e. The van der Waals surface area contributed by atoms with Crippen molar-refractivity contribution in [2.24, 2.45) is 0 Å². The molecule has 154 valence electrons. The van der Waals surface area contributed by atoms with Crippen molar-refractivity contribution in [2.75, 3.05) is 7.11 Å². The Morgan fingerprint density at radius 3 is 2.62 bits per heavy atom. The van der Waals surface area contributed by atoms with Crippen LogP contribution in [0.15, 0.2) is 79.0 Å². The van der Waals surface area contributed by atoms with Gasteiger partial charge >= 0.3 is 0 Å². The molecule has 1 aliphatic carbocycles. The van der Waals surface area contributed by atoms with Crippen LogP contribution < -0.4 is 4.74 Å². The van der Waals surface area contributed by atoms with Crippen LogP contribution in [-0.4, -0.2) is 27.7 Å². The minimum absolute atomic E-state index is 0.0268. The molecule has 32 heavy (non-hydrogen) atoms. The third-order valence-corrected chi connectivity index (χ3v) is 6.03. The summed E-state index contributed by atoms with van der Waals surface area (Å²) in [5, 5.41) is 6.46. The molecule has 0 N–H and O–H groups in total. The Bertz CT molecular complexity index is 1550. The van der Waals surface area contributed by atoms with E-state index in [9.17, 15) is 4.79 Å². The minimum Gasteiger partial charge on any atom is -0.497 e. The maximum atomic E-state index is 13.5. The van der Waals surface area contributed by atoms with Crippen molar-refractivity contribution >= 4 is 28.3 Å². The highest BCUT2D eigenvalue weighted by Gasteiger charge is 2.35. The highest BCUT2D eigenvalue weighted by Crippen LogP contribution is 2.43. The van der Waals surface area contributed by atoms with E-state index >= 15 is 0 Å². The van der Waals surface area contributed by atoms with Crippen LogP contribution in [-0.2, 0) is 0 Å². The number of fused-ring (bicyclic) bond motifs is 4. The van der Waals surface area contributed by atoms with Crippen molar-refractivity contribution < 1.29 is 9.53 Å². The summed E-state index contributed by atoms with van der Waals surface area (Å²) in [6.45, 7) is 0. The zero-order valence-corrected chi connectivity index (χ0v) is 17.8. The molecule has 0 bridgehead atoms. The topological polar surface area (TPSA) is 57.0 Å². The number of aromatic nitrogens is 3. The Morgan fingerprint density at radius 1 is 0.938 bits per heavy atom. The molecule has 5 nitrogen and oxygen atoms in total. The Kier molecular flexibility index (Phi) is 4.13. The number of hydrogen-bond acceptors (Lipinski definition) is 4. The first-order valence-electron chi connectivity index (χ1n) is 10.1. The third kappa shape index (κ3) is 2.68. The lowest BCUT2D eigenvalue weighted by molar-refractivity contribution is 0.104. The van der Waals surface area contributed by atoms with Crippen LogP contribution in [0, 0.1) is 0 Å². The van der Waals surface area contributed by atoms with Crippen molar-refractivity contribution in [1.82, 2.24) is 14.8 Å². The monoisotopic (exact) mass is 437 g/mol. The second-order valence-electron chi connectivity index (χ2n) is 7.58. The number of halogens is 1. The summed E-state index contributed by atoms with van der Waals surface area (Å²) in [7, 11) is 1.62. The highest BCUT2D eigenvalue weighted by molar-refractivity contribution is 6.31. The smallest absolute Gasteiger partial charge is 0.198 e. The molecule has 0 saturated heterocycles. The van der Waals surface area contributed by atoms with Crippen LogP contribution in [0.3, 0.4) is 0 Å². The van der Waals surface area contributed by atoms with E-state index < -0.39 is 0 Å². The molecule has 2 aromatic heterocycles. The first-order chi connectivity index (χ1) is 15.7. The fraction of sp³-hybridized carbons (Fsp3) is 0.0385. The van der Waals surface area contributed by atoms with Gasteiger partial charge in [-0.25, -0.2) is 4.68 Å². The molecule has 3 aromatic carbocycles. The lowest BCUT2D eigenvalue weighted by Crippen LogP contribution is -2.01. The minimum atomic E-state index is -0.0268. The number of carbonyl (C=O) groups excluding carboxylic acids is 1. The van der Waals surface area contributed by atoms with E-state index in [1.54, 1.807) is 13.3 Å². The number of carbonyl (C=O) groups is 1. The molecular formula is C26H16ClN3O2. The van der Waals surface area contributed by atoms with Crippen LogP contribution in [0.1, 0.15) is 15.9 Å². The van der Waals surface area contributed by atoms with Gasteiger partial charge in [0.05, 0.1) is 29.6 Å². The molecule has 2 heterocycles. The number of ether oxygens (including phenoxy) is 1. The van der Waals surface area contributed by atoms with Crippen LogP contribution in [0.4, 0.5) is 0 Å². The average molecular weight is 438 g/mol. The normalized spacial score (nSPS) is 12.1. The van der Waals surface area contributed by atoms with E-state index in [-0.39, 0.29) is 5.78 Å². The number of nitrogens with zero attached hydrogens (tertiary/aromatic N) is 3. The van der Waals surface area contributed by atoms with Gasteiger partial charge in [0.15, 0.2) is 5.78 Å². The number of pyridine rings is 1. The molecule has 6 rings (SSSR count). The molecule has 0 aliphatic heterocycles. The zero-order chi connectivity index (χ0) is 21.8. The van der Waals surface area contributed by atoms with E-state index in [0.29, 0.717) is 27.6 Å². The second-order valence-corrected chi connectivity index (χ2v) is 8.02. The Morgan fingerprint density at radius 2 is 1.78 bits per heavy atom. The van der Waals surface area contributed by atoms with E-state index in [1.165, 1.54) is 0 Å². The summed E-state index contributed by atoms with van der Waals surface area (Å²) in [6.07, 6.45) is 1.73. The summed E-state index contributed by atoms with van der Waals surface area (Å²) in [5.41, 5.74) is 5.97. The third-order valence-electron chi connectivity index (χ3n) is 5.79. The maximum Gasteiger partial charge on any atom is 0.198 e. The Hall–Kier alpha value is -3.96. The Balaban J connectivity index is 1.70. The van der Waals surface area contributed by atoms with Gasteiger partial charge in [0.25, 0.3) is 0 Å². The number of benzene rings is 3. The first-order valence-corrected chi connectivity index (χ1v) is 10.5. The molecule has 0 saturated carbocycles. The van der Waals surface area contributed by atoms with Gasteiger partial charge in [0.2, 0.25) is 0 Å². The predicted molar refractivity (Wildman–Crippen MR) is 125 cm³/mol. The number of methoxy groups -OCH3 is 1. The van der Waals surface area contributed by atoms with E-state index in [2.05, 4.69) is 4.98 Å². The van der Waals surface area contributed by atoms with Crippen molar-refractivity contribution in [1.29, 1.82) is 0 Å². The standard InChI is InChI=1S/C26H16ClN3O2/c1-32-17-6-4-5-15(13-17)24-23-25(18-7-2-3-8-19(18)26(23)31)30(29-24)22-11-12-28-21-14-16(27)9-10-20(21)22/h2-14H,1H3. The Labute approximate surface area is 188 Å². The van der Waals surface area contributed by atoms with Crippen LogP contribution >= 0.6 is 11.6 Å². The number of ketones is 1. The first kappa shape index (κ1) is 18.8. The van der Waals surface area contributed by atoms with Gasteiger partial charge < -0.3 is 4.74 Å². The molecule has 0 fully saturated rings. The van der Waals surface area contributed by atoms with Gasteiger partial charge in [-0.1, -0.05) is 48.0 Å². The van der Waals surface area contributed by atoms with Crippen LogP contribution in [0.5, 0.6) is 5.75 Å². The fourth-order valence-corrected chi connectivity index (χ4v) is 4.51. The van der Waals surface area contributed by atoms with Crippen LogP contribution in [0.2, 0.25) is 5.02 Å². The molecular weight excluding hydrogens is 422 g/mol. The second kappa shape index (κ2) is 7.04. The van der Waals surface area contributed by atoms with Gasteiger partial charge in [0, 0.05) is 33.3 Å². The molecule has 0 radical (unpaired) electrons. The predicted octanol–water partition coefficient (Wildman–Crippen LogP) is 5.96. The molecule has 1 aliphatic rings. The van der Waals surface area contributed by atoms with Gasteiger partial charge in [-0.3, -0.25) is 9.78 Å². The van der Waals surface area contributed by atoms with Gasteiger partial charge in [-0.15, -0.1) is 0 Å². The molecule has 6 heteroatoms. The van der Waals surface area contributed by atoms with Gasteiger partial charge in [0.1, 0.15) is 11.4 Å². The number of rotatable bonds is 3. The summed E-state index contributed by atoms with van der Waals surface area (Å²) >= 11 is 6.19. The molecule has 0 spiro atoms. The van der Waals surface area contributed by atoms with Crippen molar-refractivity contribution in [3.05, 3.63) is 95.1 Å². The summed E-state index contributed by atoms with van der Waals surface area (Å²) in [5.74, 6) is 0.679. The van der Waals surface area contributed by atoms with Crippen molar-refractivity contribution in [2.45, 2.75) is 0 Å². The van der Waals surface area contributed by atoms with Gasteiger partial charge in [-0.05, 0) is 36.4 Å². The SMILES string of the molecule is COc1cccc(-c2nn(-c3ccnc4cc(Cl)ccc34)c3c2C(=O)c2ccccc2-3)c1. The summed E-state index contributed by atoms with van der Waals surface area (Å²) in [6, 6.07) is 22.8. The van der Waals surface area contributed by atoms with Gasteiger partial charge in [-0.2, -0.15) is 5.10 Å². The van der Waals surface area contributed by atoms with E-state index in [1.807, 2.05) is 77.5 Å². The molecule has 0 amide bonds. The lowest BCUT2D eigenvalue weighted by Gasteiger charge is -2.10. The van der Waals surface area contributed by atoms with E-state index in [4.69, 9.17) is 21.4 Å². The summed E-state index contributed by atoms with van der Waals surface area (Å²) in [4.78, 5) is 17.9. The average Bonchev–Trinajstić information content (AvgIpc) is 3.36. The van der Waals surface area contributed by atoms with Crippen molar-refractivity contribution in [3.63, 3.8) is 0 Å². The van der Waals surface area contributed by atoms with E-state index in [0.717, 1.165) is 33.4 Å². The quantitative estimate of drug-likeness (QED) is 0.342.